The smallest absolute Gasteiger partial charge is 0.242 e. The Labute approximate surface area is 86.6 Å². The number of hydrogen-bond acceptors (Lipinski definition) is 2. The van der Waals surface area contributed by atoms with Gasteiger partial charge in [0.25, 0.3) is 0 Å². The zero-order valence-corrected chi connectivity index (χ0v) is 9.71. The fourth-order valence-electron chi connectivity index (χ4n) is 1.63. The average molecular weight is 198 g/mol. The van der Waals surface area contributed by atoms with Crippen LogP contribution in [0.5, 0.6) is 0 Å². The molecule has 1 fully saturated rings. The van der Waals surface area contributed by atoms with Gasteiger partial charge in [0, 0.05) is 13.1 Å². The van der Waals surface area contributed by atoms with Gasteiger partial charge < -0.3 is 10.6 Å². The molecule has 0 aromatic rings. The van der Waals surface area contributed by atoms with E-state index in [9.17, 15) is 4.79 Å². The Morgan fingerprint density at radius 1 is 1.64 bits per heavy atom. The predicted octanol–water partition coefficient (Wildman–Crippen LogP) is 1.37. The Morgan fingerprint density at radius 3 is 2.50 bits per heavy atom. The molecule has 14 heavy (non-hydrogen) atoms. The summed E-state index contributed by atoms with van der Waals surface area (Å²) in [5.74, 6) is 0.774. The summed E-state index contributed by atoms with van der Waals surface area (Å²) in [6, 6.07) is 0.344. The van der Waals surface area contributed by atoms with E-state index in [2.05, 4.69) is 6.92 Å². The van der Waals surface area contributed by atoms with Gasteiger partial charge >= 0.3 is 0 Å². The van der Waals surface area contributed by atoms with Crippen LogP contribution >= 0.6 is 0 Å². The molecule has 2 unspecified atom stereocenters. The molecule has 82 valence electrons. The second-order valence-electron chi connectivity index (χ2n) is 4.77. The van der Waals surface area contributed by atoms with E-state index in [1.807, 2.05) is 25.8 Å². The maximum atomic E-state index is 12.0. The van der Waals surface area contributed by atoms with Gasteiger partial charge in [-0.25, -0.2) is 0 Å². The molecule has 0 spiro atoms. The van der Waals surface area contributed by atoms with Crippen molar-refractivity contribution in [2.75, 3.05) is 7.05 Å². The normalized spacial score (nSPS) is 22.6. The molecule has 0 aliphatic heterocycles. The molecular formula is C11H22N2O. The van der Waals surface area contributed by atoms with Crippen LogP contribution in [0.4, 0.5) is 0 Å². The van der Waals surface area contributed by atoms with E-state index >= 15 is 0 Å². The van der Waals surface area contributed by atoms with Crippen LogP contribution in [0.15, 0.2) is 0 Å². The molecule has 1 saturated carbocycles. The lowest BCUT2D eigenvalue weighted by atomic mass is 9.97. The van der Waals surface area contributed by atoms with Crippen LogP contribution in [0.1, 0.15) is 40.0 Å². The summed E-state index contributed by atoms with van der Waals surface area (Å²) in [6.45, 7) is 5.88. The third-order valence-electron chi connectivity index (χ3n) is 3.46. The minimum Gasteiger partial charge on any atom is -0.341 e. The first-order valence-corrected chi connectivity index (χ1v) is 5.46. The highest BCUT2D eigenvalue weighted by Gasteiger charge is 2.37. The molecular weight excluding hydrogens is 176 g/mol. The Morgan fingerprint density at radius 2 is 2.14 bits per heavy atom. The lowest BCUT2D eigenvalue weighted by Crippen LogP contribution is -2.54. The standard InChI is InChI=1S/C11H22N2O/c1-5-11(3,12)10(14)13(4)8(2)9-6-7-9/h8-9H,5-7,12H2,1-4H3. The van der Waals surface area contributed by atoms with Crippen molar-refractivity contribution in [2.24, 2.45) is 11.7 Å². The Balaban J connectivity index is 2.58. The molecule has 0 aromatic carbocycles. The number of nitrogens with two attached hydrogens (primary N) is 1. The van der Waals surface area contributed by atoms with Crippen molar-refractivity contribution in [2.45, 2.75) is 51.6 Å². The van der Waals surface area contributed by atoms with Crippen LogP contribution in [0.2, 0.25) is 0 Å². The number of hydrogen-bond donors (Lipinski definition) is 1. The van der Waals surface area contributed by atoms with E-state index in [1.165, 1.54) is 12.8 Å². The minimum absolute atomic E-state index is 0.0689. The van der Waals surface area contributed by atoms with Gasteiger partial charge in [-0.15, -0.1) is 0 Å². The zero-order valence-electron chi connectivity index (χ0n) is 9.71. The second kappa shape index (κ2) is 3.89. The van der Waals surface area contributed by atoms with Gasteiger partial charge in [-0.3, -0.25) is 4.79 Å². The maximum Gasteiger partial charge on any atom is 0.242 e. The highest BCUT2D eigenvalue weighted by Crippen LogP contribution is 2.35. The van der Waals surface area contributed by atoms with E-state index in [1.54, 1.807) is 0 Å². The zero-order chi connectivity index (χ0) is 10.9. The van der Waals surface area contributed by atoms with Crippen LogP contribution in [-0.2, 0) is 4.79 Å². The molecule has 0 saturated heterocycles. The van der Waals surface area contributed by atoms with Crippen molar-refractivity contribution in [3.63, 3.8) is 0 Å². The van der Waals surface area contributed by atoms with Gasteiger partial charge in [-0.1, -0.05) is 6.92 Å². The largest absolute Gasteiger partial charge is 0.341 e. The molecule has 1 rings (SSSR count). The molecule has 0 radical (unpaired) electrons. The number of nitrogens with zero attached hydrogens (tertiary/aromatic N) is 1. The van der Waals surface area contributed by atoms with Crippen LogP contribution in [0.25, 0.3) is 0 Å². The van der Waals surface area contributed by atoms with Crippen molar-refractivity contribution >= 4 is 5.91 Å². The van der Waals surface area contributed by atoms with Gasteiger partial charge in [0.15, 0.2) is 0 Å². The fourth-order valence-corrected chi connectivity index (χ4v) is 1.63. The molecule has 0 bridgehead atoms. The SMILES string of the molecule is CCC(C)(N)C(=O)N(C)C(C)C1CC1. The Hall–Kier alpha value is -0.570. The second-order valence-corrected chi connectivity index (χ2v) is 4.77. The van der Waals surface area contributed by atoms with Gasteiger partial charge in [-0.2, -0.15) is 0 Å². The van der Waals surface area contributed by atoms with Crippen molar-refractivity contribution < 1.29 is 4.79 Å². The van der Waals surface area contributed by atoms with Gasteiger partial charge in [0.05, 0.1) is 5.54 Å². The molecule has 1 aliphatic carbocycles. The lowest BCUT2D eigenvalue weighted by Gasteiger charge is -2.32. The van der Waals surface area contributed by atoms with Crippen LogP contribution in [-0.4, -0.2) is 29.4 Å². The van der Waals surface area contributed by atoms with E-state index < -0.39 is 5.54 Å². The Kier molecular flexibility index (Phi) is 3.20. The summed E-state index contributed by atoms with van der Waals surface area (Å²) < 4.78 is 0. The van der Waals surface area contributed by atoms with Crippen LogP contribution in [0.3, 0.4) is 0 Å². The number of amides is 1. The number of carbonyl (C=O) groups is 1. The summed E-state index contributed by atoms with van der Waals surface area (Å²) in [4.78, 5) is 13.8. The van der Waals surface area contributed by atoms with Crippen molar-refractivity contribution in [3.05, 3.63) is 0 Å². The number of rotatable bonds is 4. The van der Waals surface area contributed by atoms with Gasteiger partial charge in [-0.05, 0) is 39.0 Å². The predicted molar refractivity (Wildman–Crippen MR) is 57.8 cm³/mol. The topological polar surface area (TPSA) is 46.3 Å². The van der Waals surface area contributed by atoms with Crippen LogP contribution in [0, 0.1) is 5.92 Å². The molecule has 0 heterocycles. The molecule has 3 nitrogen and oxygen atoms in total. The van der Waals surface area contributed by atoms with Gasteiger partial charge in [0.1, 0.15) is 0 Å². The summed E-state index contributed by atoms with van der Waals surface area (Å²) in [5.41, 5.74) is 5.23. The first kappa shape index (κ1) is 11.5. The molecule has 1 aliphatic rings. The van der Waals surface area contributed by atoms with Crippen molar-refractivity contribution in [1.29, 1.82) is 0 Å². The minimum atomic E-state index is -0.697. The lowest BCUT2D eigenvalue weighted by molar-refractivity contribution is -0.137. The van der Waals surface area contributed by atoms with Crippen molar-refractivity contribution in [3.8, 4) is 0 Å². The first-order valence-electron chi connectivity index (χ1n) is 5.46. The van der Waals surface area contributed by atoms with Crippen LogP contribution < -0.4 is 5.73 Å². The summed E-state index contributed by atoms with van der Waals surface area (Å²) >= 11 is 0. The maximum absolute atomic E-state index is 12.0. The third-order valence-corrected chi connectivity index (χ3v) is 3.46. The van der Waals surface area contributed by atoms with Gasteiger partial charge in [0.2, 0.25) is 5.91 Å². The summed E-state index contributed by atoms with van der Waals surface area (Å²) in [6.07, 6.45) is 3.20. The third kappa shape index (κ3) is 2.27. The van der Waals surface area contributed by atoms with Crippen molar-refractivity contribution in [1.82, 2.24) is 4.90 Å². The molecule has 0 aromatic heterocycles. The average Bonchev–Trinajstić information content (AvgIpc) is 2.97. The molecule has 3 heteroatoms. The number of carbonyl (C=O) groups excluding carboxylic acids is 1. The number of likely N-dealkylation sites (N-methyl/N-ethyl adjacent to an activating group) is 1. The quantitative estimate of drug-likeness (QED) is 0.741. The van der Waals surface area contributed by atoms with E-state index in [0.717, 1.165) is 0 Å². The Bertz CT molecular complexity index is 221. The first-order chi connectivity index (χ1) is 6.40. The summed E-state index contributed by atoms with van der Waals surface area (Å²) in [5, 5.41) is 0. The van der Waals surface area contributed by atoms with E-state index in [4.69, 9.17) is 5.73 Å². The van der Waals surface area contributed by atoms with E-state index in [-0.39, 0.29) is 5.91 Å². The fraction of sp³-hybridized carbons (Fsp3) is 0.909. The molecule has 2 N–H and O–H groups in total. The van der Waals surface area contributed by atoms with E-state index in [0.29, 0.717) is 18.4 Å². The monoisotopic (exact) mass is 198 g/mol. The highest BCUT2D eigenvalue weighted by molar-refractivity contribution is 5.85. The molecule has 1 amide bonds. The highest BCUT2D eigenvalue weighted by atomic mass is 16.2. The molecule has 2 atom stereocenters. The summed E-state index contributed by atoms with van der Waals surface area (Å²) in [7, 11) is 1.87.